The summed E-state index contributed by atoms with van der Waals surface area (Å²) in [4.78, 5) is 22.3. The van der Waals surface area contributed by atoms with E-state index in [2.05, 4.69) is 45.4 Å². The summed E-state index contributed by atoms with van der Waals surface area (Å²) < 4.78 is 11.2. The number of rotatable bonds is 8. The first-order valence-electron chi connectivity index (χ1n) is 12.6. The Hall–Kier alpha value is -4.10. The second-order valence-electron chi connectivity index (χ2n) is 9.23. The maximum Gasteiger partial charge on any atom is 0.251 e. The van der Waals surface area contributed by atoms with E-state index < -0.39 is 0 Å². The van der Waals surface area contributed by atoms with Crippen LogP contribution in [-0.2, 0) is 13.1 Å². The lowest BCUT2D eigenvalue weighted by molar-refractivity contribution is 0.0951. The highest BCUT2D eigenvalue weighted by molar-refractivity contribution is 5.94. The average molecular weight is 497 g/mol. The van der Waals surface area contributed by atoms with Crippen molar-refractivity contribution in [2.45, 2.75) is 20.0 Å². The zero-order valence-electron chi connectivity index (χ0n) is 21.3. The Morgan fingerprint density at radius 2 is 1.73 bits per heavy atom. The first-order chi connectivity index (χ1) is 18.1. The van der Waals surface area contributed by atoms with Crippen molar-refractivity contribution in [2.24, 2.45) is 0 Å². The summed E-state index contributed by atoms with van der Waals surface area (Å²) in [5, 5.41) is 2.96. The second-order valence-corrected chi connectivity index (χ2v) is 9.23. The maximum absolute atomic E-state index is 12.6. The molecule has 1 N–H and O–H groups in total. The van der Waals surface area contributed by atoms with Crippen molar-refractivity contribution in [1.29, 1.82) is 0 Å². The average Bonchev–Trinajstić information content (AvgIpc) is 3.32. The van der Waals surface area contributed by atoms with Crippen LogP contribution in [0.3, 0.4) is 0 Å². The molecule has 0 unspecified atom stereocenters. The predicted molar refractivity (Wildman–Crippen MR) is 145 cm³/mol. The van der Waals surface area contributed by atoms with Crippen LogP contribution in [0.4, 0.5) is 5.69 Å². The number of para-hydroxylation sites is 1. The minimum absolute atomic E-state index is 0.131. The third kappa shape index (κ3) is 6.01. The quantitative estimate of drug-likeness (QED) is 0.374. The maximum atomic E-state index is 12.6. The number of hydrogen-bond acceptors (Lipinski definition) is 6. The minimum Gasteiger partial charge on any atom is -0.497 e. The number of amides is 1. The monoisotopic (exact) mass is 496 g/mol. The van der Waals surface area contributed by atoms with Gasteiger partial charge in [0.25, 0.3) is 5.91 Å². The molecule has 7 nitrogen and oxygen atoms in total. The smallest absolute Gasteiger partial charge is 0.251 e. The number of carbonyl (C=O) groups is 1. The SMILES string of the molecule is COc1cccc(CNC(=O)c2ccc(-c3nc(CN4CCN(c5ccccc5)CC4)c(C)o3)cc2)c1. The van der Waals surface area contributed by atoms with E-state index >= 15 is 0 Å². The molecule has 37 heavy (non-hydrogen) atoms. The summed E-state index contributed by atoms with van der Waals surface area (Å²) in [6.45, 7) is 7.12. The van der Waals surface area contributed by atoms with Crippen LogP contribution in [0, 0.1) is 6.92 Å². The Bertz CT molecular complexity index is 1330. The van der Waals surface area contributed by atoms with Gasteiger partial charge < -0.3 is 19.4 Å². The number of aromatic nitrogens is 1. The van der Waals surface area contributed by atoms with Gasteiger partial charge in [-0.2, -0.15) is 0 Å². The van der Waals surface area contributed by atoms with Gasteiger partial charge in [-0.05, 0) is 61.0 Å². The molecule has 0 spiro atoms. The summed E-state index contributed by atoms with van der Waals surface area (Å²) in [6, 6.07) is 25.6. The van der Waals surface area contributed by atoms with Crippen LogP contribution in [-0.4, -0.2) is 49.1 Å². The van der Waals surface area contributed by atoms with Gasteiger partial charge >= 0.3 is 0 Å². The number of anilines is 1. The Morgan fingerprint density at radius 1 is 0.973 bits per heavy atom. The number of piperazine rings is 1. The van der Waals surface area contributed by atoms with Crippen molar-refractivity contribution in [3.8, 4) is 17.2 Å². The molecule has 1 aliphatic heterocycles. The van der Waals surface area contributed by atoms with Crippen molar-refractivity contribution >= 4 is 11.6 Å². The molecule has 1 amide bonds. The van der Waals surface area contributed by atoms with Crippen LogP contribution in [0.2, 0.25) is 0 Å². The lowest BCUT2D eigenvalue weighted by Crippen LogP contribution is -2.46. The molecule has 0 saturated carbocycles. The van der Waals surface area contributed by atoms with Crippen molar-refractivity contribution < 1.29 is 13.9 Å². The zero-order valence-corrected chi connectivity index (χ0v) is 21.3. The minimum atomic E-state index is -0.131. The third-order valence-corrected chi connectivity index (χ3v) is 6.74. The molecule has 4 aromatic rings. The highest BCUT2D eigenvalue weighted by Crippen LogP contribution is 2.24. The van der Waals surface area contributed by atoms with E-state index in [-0.39, 0.29) is 5.91 Å². The van der Waals surface area contributed by atoms with Gasteiger partial charge in [0.1, 0.15) is 11.5 Å². The molecule has 1 saturated heterocycles. The van der Waals surface area contributed by atoms with E-state index in [0.29, 0.717) is 18.0 Å². The van der Waals surface area contributed by atoms with E-state index in [0.717, 1.165) is 61.1 Å². The van der Waals surface area contributed by atoms with E-state index in [9.17, 15) is 4.79 Å². The van der Waals surface area contributed by atoms with Gasteiger partial charge in [0.05, 0.1) is 12.8 Å². The van der Waals surface area contributed by atoms with Crippen molar-refractivity contribution in [3.63, 3.8) is 0 Å². The number of aryl methyl sites for hydroxylation is 1. The fourth-order valence-corrected chi connectivity index (χ4v) is 4.54. The lowest BCUT2D eigenvalue weighted by Gasteiger charge is -2.35. The molecule has 0 aliphatic carbocycles. The molecule has 0 bridgehead atoms. The largest absolute Gasteiger partial charge is 0.497 e. The standard InChI is InChI=1S/C30H32N4O3/c1-22-28(21-33-15-17-34(18-16-33)26-8-4-3-5-9-26)32-30(37-22)25-13-11-24(12-14-25)29(35)31-20-23-7-6-10-27(19-23)36-2/h3-14,19H,15-18,20-21H2,1-2H3,(H,31,35). The van der Waals surface area contributed by atoms with E-state index in [1.54, 1.807) is 19.2 Å². The van der Waals surface area contributed by atoms with Crippen LogP contribution in [0.25, 0.3) is 11.5 Å². The number of carbonyl (C=O) groups excluding carboxylic acids is 1. The van der Waals surface area contributed by atoms with E-state index in [4.69, 9.17) is 14.1 Å². The summed E-state index contributed by atoms with van der Waals surface area (Å²) in [5.74, 6) is 2.05. The molecular weight excluding hydrogens is 464 g/mol. The molecule has 1 aliphatic rings. The number of nitrogens with zero attached hydrogens (tertiary/aromatic N) is 3. The number of hydrogen-bond donors (Lipinski definition) is 1. The number of oxazole rings is 1. The fourth-order valence-electron chi connectivity index (χ4n) is 4.54. The van der Waals surface area contributed by atoms with Crippen molar-refractivity contribution in [3.05, 3.63) is 101 Å². The summed E-state index contributed by atoms with van der Waals surface area (Å²) >= 11 is 0. The van der Waals surface area contributed by atoms with Crippen LogP contribution >= 0.6 is 0 Å². The number of ether oxygens (including phenoxy) is 1. The van der Waals surface area contributed by atoms with Crippen molar-refractivity contribution in [2.75, 3.05) is 38.2 Å². The fraction of sp³-hybridized carbons (Fsp3) is 0.267. The van der Waals surface area contributed by atoms with Crippen molar-refractivity contribution in [1.82, 2.24) is 15.2 Å². The Morgan fingerprint density at radius 3 is 2.46 bits per heavy atom. The molecule has 1 fully saturated rings. The predicted octanol–water partition coefficient (Wildman–Crippen LogP) is 4.91. The highest BCUT2D eigenvalue weighted by Gasteiger charge is 2.20. The number of nitrogens with one attached hydrogen (secondary N) is 1. The first-order valence-corrected chi connectivity index (χ1v) is 12.6. The Balaban J connectivity index is 1.16. The molecule has 5 rings (SSSR count). The van der Waals surface area contributed by atoms with Crippen LogP contribution in [0.5, 0.6) is 5.75 Å². The van der Waals surface area contributed by atoms with Gasteiger partial charge in [-0.1, -0.05) is 30.3 Å². The summed E-state index contributed by atoms with van der Waals surface area (Å²) in [5.41, 5.74) is 4.66. The first kappa shape index (κ1) is 24.6. The Labute approximate surface area is 217 Å². The highest BCUT2D eigenvalue weighted by atomic mass is 16.5. The number of methoxy groups -OCH3 is 1. The third-order valence-electron chi connectivity index (χ3n) is 6.74. The van der Waals surface area contributed by atoms with Gasteiger partial charge in [0.15, 0.2) is 0 Å². The number of benzene rings is 3. The van der Waals surface area contributed by atoms with Gasteiger partial charge in [0.2, 0.25) is 5.89 Å². The van der Waals surface area contributed by atoms with E-state index in [1.807, 2.05) is 43.3 Å². The summed E-state index contributed by atoms with van der Waals surface area (Å²) in [6.07, 6.45) is 0. The van der Waals surface area contributed by atoms with Crippen LogP contribution in [0.15, 0.2) is 83.3 Å². The van der Waals surface area contributed by atoms with Gasteiger partial charge in [0, 0.05) is 56.1 Å². The molecule has 2 heterocycles. The van der Waals surface area contributed by atoms with Crippen LogP contribution < -0.4 is 15.0 Å². The molecule has 7 heteroatoms. The van der Waals surface area contributed by atoms with E-state index in [1.165, 1.54) is 5.69 Å². The Kier molecular flexibility index (Phi) is 7.51. The molecule has 0 atom stereocenters. The van der Waals surface area contributed by atoms with Gasteiger partial charge in [-0.15, -0.1) is 0 Å². The topological polar surface area (TPSA) is 70.8 Å². The normalized spacial score (nSPS) is 13.9. The molecule has 3 aromatic carbocycles. The molecule has 190 valence electrons. The zero-order chi connectivity index (χ0) is 25.6. The molecular formula is C30H32N4O3. The van der Waals surface area contributed by atoms with Crippen LogP contribution in [0.1, 0.15) is 27.4 Å². The molecule has 1 aromatic heterocycles. The summed E-state index contributed by atoms with van der Waals surface area (Å²) in [7, 11) is 1.63. The van der Waals surface area contributed by atoms with Gasteiger partial charge in [-0.25, -0.2) is 4.98 Å². The van der Waals surface area contributed by atoms with Gasteiger partial charge in [-0.3, -0.25) is 9.69 Å². The lowest BCUT2D eigenvalue weighted by atomic mass is 10.1. The second kappa shape index (κ2) is 11.3. The molecule has 0 radical (unpaired) electrons.